The number of hydrogen-bond acceptors (Lipinski definition) is 6. The van der Waals surface area contributed by atoms with Crippen molar-refractivity contribution in [3.05, 3.63) is 245 Å². The number of nitrogens with zero attached hydrogens (tertiary/aromatic N) is 5. The lowest BCUT2D eigenvalue weighted by atomic mass is 9.52. The summed E-state index contributed by atoms with van der Waals surface area (Å²) < 4.78 is 6.63. The largest absolute Gasteiger partial charge is 0.456 e. The minimum atomic E-state index is -0.737. The first kappa shape index (κ1) is 34.4. The molecule has 11 aromatic rings. The quantitative estimate of drug-likeness (QED) is 0.177. The monoisotopic (exact) mass is 803 g/mol. The average molecular weight is 804 g/mol. The van der Waals surface area contributed by atoms with E-state index in [1.54, 1.807) is 12.4 Å². The molecule has 6 nitrogen and oxygen atoms in total. The van der Waals surface area contributed by atoms with Gasteiger partial charge in [0.05, 0.1) is 10.8 Å². The summed E-state index contributed by atoms with van der Waals surface area (Å²) in [4.78, 5) is 24.5. The molecule has 6 heteroatoms. The molecule has 4 aromatic heterocycles. The molecule has 0 amide bonds. The van der Waals surface area contributed by atoms with Crippen molar-refractivity contribution < 1.29 is 4.42 Å². The van der Waals surface area contributed by atoms with Crippen LogP contribution in [0.15, 0.2) is 205 Å². The molecule has 0 aliphatic heterocycles. The second-order valence-corrected chi connectivity index (χ2v) is 16.7. The fourth-order valence-electron chi connectivity index (χ4n) is 11.4. The van der Waals surface area contributed by atoms with E-state index >= 15 is 0 Å². The van der Waals surface area contributed by atoms with E-state index in [9.17, 15) is 0 Å². The van der Waals surface area contributed by atoms with Gasteiger partial charge in [-0.2, -0.15) is 0 Å². The number of rotatable bonds is 3. The summed E-state index contributed by atoms with van der Waals surface area (Å²) in [6.07, 6.45) is 3.53. The maximum atomic E-state index is 6.63. The van der Waals surface area contributed by atoms with Gasteiger partial charge in [-0.3, -0.25) is 9.97 Å². The number of furan rings is 1. The second-order valence-electron chi connectivity index (χ2n) is 16.7. The first-order valence-corrected chi connectivity index (χ1v) is 21.3. The van der Waals surface area contributed by atoms with Crippen molar-refractivity contribution in [2.75, 3.05) is 0 Å². The van der Waals surface area contributed by atoms with Crippen molar-refractivity contribution in [2.24, 2.45) is 0 Å². The van der Waals surface area contributed by atoms with Crippen molar-refractivity contribution >= 4 is 21.9 Å². The van der Waals surface area contributed by atoms with Gasteiger partial charge in [0.25, 0.3) is 0 Å². The standard InChI is InChI=1S/C57H33N5O/c1-4-18-41-35(15-1)36-16-2-5-19-42(36)56(41)43-20-6-8-22-45(43)57(46-23-9-7-21-44(46)56)47-31-34(27-28-37(47)39-33-52-40(32-48(39)57)38-17-3-10-26-51(38)63-52)53-60-54(49-24-11-13-29-58-49)62-55(61-53)50-25-12-14-30-59-50/h1-33H. The molecule has 7 aromatic carbocycles. The predicted octanol–water partition coefficient (Wildman–Crippen LogP) is 12.6. The summed E-state index contributed by atoms with van der Waals surface area (Å²) in [7, 11) is 0. The zero-order valence-corrected chi connectivity index (χ0v) is 33.7. The van der Waals surface area contributed by atoms with Gasteiger partial charge < -0.3 is 4.42 Å². The minimum Gasteiger partial charge on any atom is -0.456 e. The molecule has 2 spiro atoms. The molecule has 292 valence electrons. The van der Waals surface area contributed by atoms with Crippen molar-refractivity contribution in [3.8, 4) is 56.7 Å². The van der Waals surface area contributed by atoms with Crippen LogP contribution in [0.2, 0.25) is 0 Å². The third-order valence-electron chi connectivity index (χ3n) is 13.7. The second kappa shape index (κ2) is 12.6. The number of pyridine rings is 2. The molecule has 0 saturated carbocycles. The maximum absolute atomic E-state index is 6.63. The lowest BCUT2D eigenvalue weighted by Crippen LogP contribution is -2.43. The Morgan fingerprint density at radius 3 is 1.38 bits per heavy atom. The van der Waals surface area contributed by atoms with Crippen molar-refractivity contribution in [3.63, 3.8) is 0 Å². The van der Waals surface area contributed by atoms with Crippen LogP contribution >= 0.6 is 0 Å². The molecule has 0 radical (unpaired) electrons. The molecule has 0 fully saturated rings. The molecule has 0 atom stereocenters. The number of benzene rings is 7. The van der Waals surface area contributed by atoms with Crippen LogP contribution in [0.5, 0.6) is 0 Å². The molecule has 3 aliphatic carbocycles. The summed E-state index contributed by atoms with van der Waals surface area (Å²) in [5, 5.41) is 2.20. The number of para-hydroxylation sites is 1. The first-order valence-electron chi connectivity index (χ1n) is 21.3. The van der Waals surface area contributed by atoms with Crippen LogP contribution in [-0.4, -0.2) is 24.9 Å². The van der Waals surface area contributed by atoms with E-state index < -0.39 is 10.8 Å². The van der Waals surface area contributed by atoms with Gasteiger partial charge in [-0.25, -0.2) is 15.0 Å². The summed E-state index contributed by atoms with van der Waals surface area (Å²) in [5.74, 6) is 1.52. The van der Waals surface area contributed by atoms with Gasteiger partial charge in [-0.05, 0) is 115 Å². The van der Waals surface area contributed by atoms with E-state index in [0.29, 0.717) is 28.9 Å². The Morgan fingerprint density at radius 1 is 0.317 bits per heavy atom. The highest BCUT2D eigenvalue weighted by Crippen LogP contribution is 2.68. The number of aromatic nitrogens is 5. The van der Waals surface area contributed by atoms with Crippen LogP contribution in [0.4, 0.5) is 0 Å². The highest BCUT2D eigenvalue weighted by Gasteiger charge is 2.59. The van der Waals surface area contributed by atoms with Crippen molar-refractivity contribution in [1.82, 2.24) is 24.9 Å². The molecule has 0 bridgehead atoms. The zero-order valence-electron chi connectivity index (χ0n) is 33.7. The van der Waals surface area contributed by atoms with Crippen LogP contribution in [0.1, 0.15) is 44.5 Å². The Labute approximate surface area is 362 Å². The summed E-state index contributed by atoms with van der Waals surface area (Å²) >= 11 is 0. The van der Waals surface area contributed by atoms with E-state index in [2.05, 4.69) is 156 Å². The Morgan fingerprint density at radius 2 is 0.794 bits per heavy atom. The fraction of sp³-hybridized carbons (Fsp3) is 0.0351. The maximum Gasteiger partial charge on any atom is 0.182 e. The SMILES string of the molecule is c1ccc(-c2nc(-c3ccc4c(c3)C3(c5cc6c(cc5-4)oc4ccccc46)c4ccccc4C4(c5ccccc5-c5ccccc54)c4ccccc43)nc(-c3ccccn3)n2)nc1. The Balaban J connectivity index is 1.11. The molecular formula is C57H33N5O. The highest BCUT2D eigenvalue weighted by atomic mass is 16.3. The summed E-state index contributed by atoms with van der Waals surface area (Å²) in [6, 6.07) is 67.7. The lowest BCUT2D eigenvalue weighted by Gasteiger charge is -2.48. The predicted molar refractivity (Wildman–Crippen MR) is 247 cm³/mol. The van der Waals surface area contributed by atoms with Gasteiger partial charge in [-0.15, -0.1) is 0 Å². The third-order valence-corrected chi connectivity index (χ3v) is 13.7. The topological polar surface area (TPSA) is 77.6 Å². The van der Waals surface area contributed by atoms with E-state index in [4.69, 9.17) is 19.4 Å². The van der Waals surface area contributed by atoms with E-state index in [0.717, 1.165) is 38.6 Å². The zero-order chi connectivity index (χ0) is 41.3. The fourth-order valence-corrected chi connectivity index (χ4v) is 11.4. The van der Waals surface area contributed by atoms with E-state index in [1.807, 2.05) is 42.5 Å². The minimum absolute atomic E-state index is 0.487. The van der Waals surface area contributed by atoms with Crippen LogP contribution in [0.3, 0.4) is 0 Å². The first-order chi connectivity index (χ1) is 31.2. The van der Waals surface area contributed by atoms with Crippen LogP contribution < -0.4 is 0 Å². The summed E-state index contributed by atoms with van der Waals surface area (Å²) in [6.45, 7) is 0. The van der Waals surface area contributed by atoms with E-state index in [-0.39, 0.29) is 0 Å². The van der Waals surface area contributed by atoms with Crippen LogP contribution in [0.25, 0.3) is 78.6 Å². The lowest BCUT2D eigenvalue weighted by molar-refractivity contribution is 0.633. The van der Waals surface area contributed by atoms with Crippen LogP contribution in [0, 0.1) is 0 Å². The summed E-state index contributed by atoms with van der Waals surface area (Å²) in [5.41, 5.74) is 17.5. The normalized spacial score (nSPS) is 14.3. The Hall–Kier alpha value is -8.35. The molecule has 63 heavy (non-hydrogen) atoms. The van der Waals surface area contributed by atoms with Crippen LogP contribution in [-0.2, 0) is 10.8 Å². The highest BCUT2D eigenvalue weighted by molar-refractivity contribution is 6.08. The van der Waals surface area contributed by atoms with Gasteiger partial charge in [0.1, 0.15) is 22.6 Å². The van der Waals surface area contributed by atoms with Crippen molar-refractivity contribution in [1.29, 1.82) is 0 Å². The molecular weight excluding hydrogens is 771 g/mol. The molecule has 4 heterocycles. The average Bonchev–Trinajstić information content (AvgIpc) is 3.97. The number of hydrogen-bond donors (Lipinski definition) is 0. The Kier molecular flexibility index (Phi) is 6.87. The van der Waals surface area contributed by atoms with Gasteiger partial charge in [0.2, 0.25) is 0 Å². The molecule has 3 aliphatic rings. The molecule has 0 saturated heterocycles. The van der Waals surface area contributed by atoms with E-state index in [1.165, 1.54) is 55.6 Å². The van der Waals surface area contributed by atoms with Gasteiger partial charge in [0.15, 0.2) is 17.5 Å². The Bertz CT molecular complexity index is 3550. The van der Waals surface area contributed by atoms with Gasteiger partial charge in [-0.1, -0.05) is 140 Å². The third kappa shape index (κ3) is 4.43. The molecule has 0 unspecified atom stereocenters. The molecule has 0 N–H and O–H groups in total. The number of fused-ring (bicyclic) bond motifs is 19. The van der Waals surface area contributed by atoms with Gasteiger partial charge >= 0.3 is 0 Å². The molecule has 14 rings (SSSR count). The smallest absolute Gasteiger partial charge is 0.182 e. The van der Waals surface area contributed by atoms with Gasteiger partial charge in [0, 0.05) is 28.7 Å². The van der Waals surface area contributed by atoms with Crippen molar-refractivity contribution in [2.45, 2.75) is 10.8 Å².